The molecule has 166 valence electrons. The molecule has 4 unspecified atom stereocenters. The number of carbonyl (C=O) groups is 1. The smallest absolute Gasteiger partial charge is 0.303 e. The molecule has 3 heterocycles. The molecule has 0 spiro atoms. The monoisotopic (exact) mass is 414 g/mol. The van der Waals surface area contributed by atoms with Crippen molar-refractivity contribution >= 4 is 5.97 Å². The molecule has 1 aliphatic carbocycles. The highest BCUT2D eigenvalue weighted by Gasteiger charge is 2.48. The van der Waals surface area contributed by atoms with Crippen LogP contribution >= 0.6 is 0 Å². The van der Waals surface area contributed by atoms with Gasteiger partial charge in [-0.15, -0.1) is 0 Å². The maximum absolute atomic E-state index is 10.7. The quantitative estimate of drug-likeness (QED) is 0.493. The SMILES string of the molecule is O=C(O)CCC=CCC1C2CCC(O2)C1Cn1cnc(CCCC2CCCCC2)c1. The first-order valence-electron chi connectivity index (χ1n) is 12.2. The maximum Gasteiger partial charge on any atom is 0.303 e. The second-order valence-corrected chi connectivity index (χ2v) is 9.72. The zero-order valence-corrected chi connectivity index (χ0v) is 18.3. The Bertz CT molecular complexity index is 707. The summed E-state index contributed by atoms with van der Waals surface area (Å²) in [4.78, 5) is 15.3. The van der Waals surface area contributed by atoms with Crippen LogP contribution in [0.1, 0.15) is 82.7 Å². The van der Waals surface area contributed by atoms with Crippen molar-refractivity contribution in [1.29, 1.82) is 0 Å². The summed E-state index contributed by atoms with van der Waals surface area (Å²) < 4.78 is 8.53. The van der Waals surface area contributed by atoms with Gasteiger partial charge in [-0.05, 0) is 50.4 Å². The van der Waals surface area contributed by atoms with Crippen LogP contribution in [0, 0.1) is 17.8 Å². The van der Waals surface area contributed by atoms with E-state index in [2.05, 4.69) is 21.8 Å². The van der Waals surface area contributed by atoms with E-state index in [0.29, 0.717) is 30.5 Å². The third-order valence-corrected chi connectivity index (χ3v) is 7.57. The summed E-state index contributed by atoms with van der Waals surface area (Å²) in [6.07, 6.45) is 24.3. The average molecular weight is 415 g/mol. The lowest BCUT2D eigenvalue weighted by molar-refractivity contribution is -0.136. The number of nitrogens with zero attached hydrogens (tertiary/aromatic N) is 2. The molecule has 1 aromatic heterocycles. The second-order valence-electron chi connectivity index (χ2n) is 9.72. The van der Waals surface area contributed by atoms with Crippen LogP contribution in [0.5, 0.6) is 0 Å². The molecular formula is C25H38N2O3. The molecule has 1 saturated carbocycles. The van der Waals surface area contributed by atoms with Crippen molar-refractivity contribution in [2.75, 3.05) is 0 Å². The number of hydrogen-bond donors (Lipinski definition) is 1. The summed E-state index contributed by atoms with van der Waals surface area (Å²) in [5.41, 5.74) is 1.24. The third kappa shape index (κ3) is 5.75. The number of carboxylic acids is 1. The second kappa shape index (κ2) is 10.6. The summed E-state index contributed by atoms with van der Waals surface area (Å²) in [7, 11) is 0. The Morgan fingerprint density at radius 2 is 1.93 bits per heavy atom. The molecule has 2 bridgehead atoms. The number of rotatable bonds is 11. The van der Waals surface area contributed by atoms with Crippen LogP contribution in [0.25, 0.3) is 0 Å². The van der Waals surface area contributed by atoms with Crippen molar-refractivity contribution < 1.29 is 14.6 Å². The van der Waals surface area contributed by atoms with Crippen LogP contribution < -0.4 is 0 Å². The molecule has 5 heteroatoms. The van der Waals surface area contributed by atoms with Gasteiger partial charge in [-0.1, -0.05) is 50.7 Å². The Hall–Kier alpha value is -1.62. The van der Waals surface area contributed by atoms with Gasteiger partial charge in [-0.25, -0.2) is 4.98 Å². The number of carboxylic acid groups (broad SMARTS) is 1. The normalized spacial score (nSPS) is 29.2. The predicted octanol–water partition coefficient (Wildman–Crippen LogP) is 5.39. The van der Waals surface area contributed by atoms with Crippen LogP contribution in [0.3, 0.4) is 0 Å². The topological polar surface area (TPSA) is 64.3 Å². The van der Waals surface area contributed by atoms with Crippen LogP contribution in [0.4, 0.5) is 0 Å². The Balaban J connectivity index is 1.24. The van der Waals surface area contributed by atoms with Crippen LogP contribution in [0.2, 0.25) is 0 Å². The molecule has 5 nitrogen and oxygen atoms in total. The van der Waals surface area contributed by atoms with E-state index in [9.17, 15) is 4.79 Å². The average Bonchev–Trinajstić information content (AvgIpc) is 3.46. The summed E-state index contributed by atoms with van der Waals surface area (Å²) in [5.74, 6) is 1.31. The number of aliphatic carboxylic acids is 1. The van der Waals surface area contributed by atoms with Crippen molar-refractivity contribution in [3.8, 4) is 0 Å². The lowest BCUT2D eigenvalue weighted by atomic mass is 9.77. The van der Waals surface area contributed by atoms with Gasteiger partial charge in [-0.3, -0.25) is 4.79 Å². The molecule has 1 aromatic rings. The van der Waals surface area contributed by atoms with Gasteiger partial charge in [0.1, 0.15) is 0 Å². The van der Waals surface area contributed by atoms with Gasteiger partial charge in [0.15, 0.2) is 0 Å². The van der Waals surface area contributed by atoms with Crippen molar-refractivity contribution in [3.05, 3.63) is 30.4 Å². The lowest BCUT2D eigenvalue weighted by Gasteiger charge is -2.27. The molecule has 0 amide bonds. The fourth-order valence-electron chi connectivity index (χ4n) is 5.95. The van der Waals surface area contributed by atoms with Gasteiger partial charge in [0.05, 0.1) is 24.2 Å². The molecule has 3 fully saturated rings. The van der Waals surface area contributed by atoms with Crippen molar-refractivity contribution in [2.24, 2.45) is 17.8 Å². The Labute approximate surface area is 180 Å². The fraction of sp³-hybridized carbons (Fsp3) is 0.760. The van der Waals surface area contributed by atoms with E-state index >= 15 is 0 Å². The van der Waals surface area contributed by atoms with Crippen LogP contribution in [-0.4, -0.2) is 32.8 Å². The van der Waals surface area contributed by atoms with Gasteiger partial charge in [0, 0.05) is 25.1 Å². The zero-order chi connectivity index (χ0) is 20.8. The van der Waals surface area contributed by atoms with E-state index in [1.165, 1.54) is 63.5 Å². The first kappa shape index (κ1) is 21.6. The highest BCUT2D eigenvalue weighted by atomic mass is 16.5. The van der Waals surface area contributed by atoms with Gasteiger partial charge in [0.2, 0.25) is 0 Å². The molecule has 4 atom stereocenters. The van der Waals surface area contributed by atoms with Crippen molar-refractivity contribution in [2.45, 2.75) is 102 Å². The van der Waals surface area contributed by atoms with Crippen LogP contribution in [-0.2, 0) is 22.5 Å². The molecule has 30 heavy (non-hydrogen) atoms. The molecule has 0 radical (unpaired) electrons. The van der Waals surface area contributed by atoms with Gasteiger partial charge < -0.3 is 14.4 Å². The molecule has 2 aliphatic heterocycles. The minimum absolute atomic E-state index is 0.214. The Morgan fingerprint density at radius 1 is 1.13 bits per heavy atom. The summed E-state index contributed by atoms with van der Waals surface area (Å²) >= 11 is 0. The summed E-state index contributed by atoms with van der Waals surface area (Å²) in [6, 6.07) is 0. The molecular weight excluding hydrogens is 376 g/mol. The first-order chi connectivity index (χ1) is 14.7. The van der Waals surface area contributed by atoms with E-state index in [1.54, 1.807) is 0 Å². The Kier molecular flexibility index (Phi) is 7.64. The van der Waals surface area contributed by atoms with E-state index in [0.717, 1.165) is 25.3 Å². The fourth-order valence-corrected chi connectivity index (χ4v) is 5.95. The van der Waals surface area contributed by atoms with Crippen LogP contribution in [0.15, 0.2) is 24.7 Å². The molecule has 0 aromatic carbocycles. The standard InChI is InChI=1S/C25H38N2O3/c28-25(29)13-6-2-5-12-21-22(24-15-14-23(21)30-24)17-27-16-20(26-18-27)11-7-10-19-8-3-1-4-9-19/h2,5,16,18-19,21-24H,1,3-4,6-15,17H2,(H,28,29). The highest BCUT2D eigenvalue weighted by molar-refractivity contribution is 5.66. The van der Waals surface area contributed by atoms with E-state index < -0.39 is 5.97 Å². The largest absolute Gasteiger partial charge is 0.481 e. The highest BCUT2D eigenvalue weighted by Crippen LogP contribution is 2.45. The molecule has 2 saturated heterocycles. The Morgan fingerprint density at radius 3 is 2.73 bits per heavy atom. The molecule has 4 rings (SSSR count). The number of ether oxygens (including phenoxy) is 1. The van der Waals surface area contributed by atoms with Gasteiger partial charge in [0.25, 0.3) is 0 Å². The number of allylic oxidation sites excluding steroid dienone is 2. The minimum Gasteiger partial charge on any atom is -0.481 e. The minimum atomic E-state index is -0.726. The predicted molar refractivity (Wildman–Crippen MR) is 117 cm³/mol. The van der Waals surface area contributed by atoms with Crippen molar-refractivity contribution in [1.82, 2.24) is 9.55 Å². The van der Waals surface area contributed by atoms with E-state index in [4.69, 9.17) is 9.84 Å². The summed E-state index contributed by atoms with van der Waals surface area (Å²) in [6.45, 7) is 0.991. The number of imidazole rings is 1. The number of aryl methyl sites for hydroxylation is 1. The van der Waals surface area contributed by atoms with E-state index in [-0.39, 0.29) is 6.42 Å². The first-order valence-corrected chi connectivity index (χ1v) is 12.2. The van der Waals surface area contributed by atoms with Crippen molar-refractivity contribution in [3.63, 3.8) is 0 Å². The molecule has 3 aliphatic rings. The van der Waals surface area contributed by atoms with E-state index in [1.807, 2.05) is 12.4 Å². The third-order valence-electron chi connectivity index (χ3n) is 7.57. The van der Waals surface area contributed by atoms with Gasteiger partial charge >= 0.3 is 5.97 Å². The maximum atomic E-state index is 10.7. The number of fused-ring (bicyclic) bond motifs is 2. The summed E-state index contributed by atoms with van der Waals surface area (Å²) in [5, 5.41) is 8.78. The lowest BCUT2D eigenvalue weighted by Crippen LogP contribution is -2.30. The number of aromatic nitrogens is 2. The zero-order valence-electron chi connectivity index (χ0n) is 18.3. The van der Waals surface area contributed by atoms with Gasteiger partial charge in [-0.2, -0.15) is 0 Å². The molecule has 1 N–H and O–H groups in total. The number of hydrogen-bond acceptors (Lipinski definition) is 3.